The van der Waals surface area contributed by atoms with Crippen molar-refractivity contribution in [1.82, 2.24) is 0 Å². The van der Waals surface area contributed by atoms with Gasteiger partial charge in [0.25, 0.3) is 0 Å². The van der Waals surface area contributed by atoms with Gasteiger partial charge in [0.15, 0.2) is 6.10 Å². The van der Waals surface area contributed by atoms with E-state index in [9.17, 15) is 14.4 Å². The minimum Gasteiger partial charge on any atom is -0.462 e. The number of esters is 3. The molecule has 6 heteroatoms. The Bertz CT molecular complexity index is 1400. The number of hydrogen-bond acceptors (Lipinski definition) is 6. The lowest BCUT2D eigenvalue weighted by atomic mass is 10.0. The van der Waals surface area contributed by atoms with Crippen LogP contribution in [0.3, 0.4) is 0 Å². The molecule has 1 atom stereocenters. The van der Waals surface area contributed by atoms with Crippen LogP contribution in [0.4, 0.5) is 0 Å². The highest BCUT2D eigenvalue weighted by Gasteiger charge is 2.19. The molecule has 0 heterocycles. The quantitative estimate of drug-likeness (QED) is 0.0261. The van der Waals surface area contributed by atoms with Gasteiger partial charge < -0.3 is 14.2 Å². The molecule has 0 bridgehead atoms. The van der Waals surface area contributed by atoms with Crippen LogP contribution in [0.25, 0.3) is 0 Å². The first-order valence-electron chi connectivity index (χ1n) is 32.9. The van der Waals surface area contributed by atoms with Gasteiger partial charge in [-0.05, 0) is 57.8 Å². The van der Waals surface area contributed by atoms with E-state index in [0.29, 0.717) is 19.3 Å². The molecule has 76 heavy (non-hydrogen) atoms. The summed E-state index contributed by atoms with van der Waals surface area (Å²) in [7, 11) is 0. The van der Waals surface area contributed by atoms with Gasteiger partial charge in [0.2, 0.25) is 0 Å². The van der Waals surface area contributed by atoms with E-state index < -0.39 is 6.10 Å². The van der Waals surface area contributed by atoms with Crippen molar-refractivity contribution in [2.75, 3.05) is 13.2 Å². The lowest BCUT2D eigenvalue weighted by Crippen LogP contribution is -2.30. The highest BCUT2D eigenvalue weighted by atomic mass is 16.6. The molecule has 0 aromatic carbocycles. The molecule has 0 amide bonds. The summed E-state index contributed by atoms with van der Waals surface area (Å²) >= 11 is 0. The Morgan fingerprint density at radius 2 is 0.513 bits per heavy atom. The van der Waals surface area contributed by atoms with Gasteiger partial charge in [0.05, 0.1) is 0 Å². The highest BCUT2D eigenvalue weighted by Crippen LogP contribution is 2.18. The predicted molar refractivity (Wildman–Crippen MR) is 330 cm³/mol. The summed E-state index contributed by atoms with van der Waals surface area (Å²) in [6.45, 7) is 6.52. The van der Waals surface area contributed by atoms with Gasteiger partial charge in [-0.1, -0.05) is 331 Å². The number of carbonyl (C=O) groups is 3. The Hall–Kier alpha value is -3.15. The van der Waals surface area contributed by atoms with Crippen LogP contribution < -0.4 is 0 Å². The Labute approximate surface area is 472 Å². The second kappa shape index (κ2) is 64.4. The fraction of sp³-hybridized carbons (Fsp3) is 0.786. The van der Waals surface area contributed by atoms with E-state index in [4.69, 9.17) is 14.2 Å². The first-order valence-corrected chi connectivity index (χ1v) is 32.9. The lowest BCUT2D eigenvalue weighted by molar-refractivity contribution is -0.166. The van der Waals surface area contributed by atoms with Crippen LogP contribution in [0.5, 0.6) is 0 Å². The van der Waals surface area contributed by atoms with Gasteiger partial charge in [-0.2, -0.15) is 0 Å². The molecule has 0 rings (SSSR count). The third-order valence-electron chi connectivity index (χ3n) is 14.5. The summed E-state index contributed by atoms with van der Waals surface area (Å²) in [4.78, 5) is 38.3. The standard InChI is InChI=1S/C70H124O6/c1-4-7-10-13-16-19-22-25-28-30-32-33-34-35-36-38-39-42-45-48-51-54-57-60-63-69(72)75-66-67(65-74-68(71)62-59-56-53-50-47-44-41-27-24-21-18-15-12-9-6-3)76-70(73)64-61-58-55-52-49-46-43-40-37-31-29-26-23-20-17-14-11-8-5-2/h8,11,17,20,26,29,37,40,46,49,55,58,67H,4-7,9-10,12-16,18-19,21-25,27-28,30-36,38-39,41-45,47-48,50-54,56-57,59-66H2,1-3H3/b11-8-,20-17-,29-26-,40-37-,49-46-,58-55-. The monoisotopic (exact) mass is 1060 g/mol. The van der Waals surface area contributed by atoms with Crippen LogP contribution in [-0.4, -0.2) is 37.2 Å². The maximum Gasteiger partial charge on any atom is 0.306 e. The summed E-state index contributed by atoms with van der Waals surface area (Å²) < 4.78 is 16.9. The van der Waals surface area contributed by atoms with Crippen molar-refractivity contribution < 1.29 is 28.6 Å². The van der Waals surface area contributed by atoms with Crippen molar-refractivity contribution in [3.05, 3.63) is 72.9 Å². The Morgan fingerprint density at radius 1 is 0.276 bits per heavy atom. The first kappa shape index (κ1) is 72.8. The average Bonchev–Trinajstić information content (AvgIpc) is 3.42. The fourth-order valence-electron chi connectivity index (χ4n) is 9.59. The predicted octanol–water partition coefficient (Wildman–Crippen LogP) is 22.5. The van der Waals surface area contributed by atoms with Crippen LogP contribution in [0.1, 0.15) is 335 Å². The Kier molecular flexibility index (Phi) is 61.7. The van der Waals surface area contributed by atoms with Gasteiger partial charge in [0, 0.05) is 19.3 Å². The summed E-state index contributed by atoms with van der Waals surface area (Å²) in [6, 6.07) is 0. The van der Waals surface area contributed by atoms with Crippen LogP contribution in [0.2, 0.25) is 0 Å². The summed E-state index contributed by atoms with van der Waals surface area (Å²) in [5, 5.41) is 0. The lowest BCUT2D eigenvalue weighted by Gasteiger charge is -2.18. The zero-order valence-corrected chi connectivity index (χ0v) is 50.5. The van der Waals surface area contributed by atoms with E-state index in [1.54, 1.807) is 0 Å². The number of unbranched alkanes of at least 4 members (excludes halogenated alkanes) is 37. The summed E-state index contributed by atoms with van der Waals surface area (Å²) in [6.07, 6.45) is 83.6. The molecule has 0 radical (unpaired) electrons. The van der Waals surface area contributed by atoms with Crippen LogP contribution in [0.15, 0.2) is 72.9 Å². The third kappa shape index (κ3) is 61.7. The van der Waals surface area contributed by atoms with E-state index in [1.165, 1.54) is 212 Å². The van der Waals surface area contributed by atoms with E-state index in [0.717, 1.165) is 77.0 Å². The average molecular weight is 1060 g/mol. The zero-order chi connectivity index (χ0) is 55.0. The Balaban J connectivity index is 4.38. The largest absolute Gasteiger partial charge is 0.462 e. The number of carbonyl (C=O) groups excluding carboxylic acids is 3. The van der Waals surface area contributed by atoms with E-state index in [1.807, 2.05) is 6.08 Å². The second-order valence-electron chi connectivity index (χ2n) is 22.0. The molecule has 0 aromatic heterocycles. The van der Waals surface area contributed by atoms with Crippen molar-refractivity contribution in [3.8, 4) is 0 Å². The fourth-order valence-corrected chi connectivity index (χ4v) is 9.59. The van der Waals surface area contributed by atoms with Gasteiger partial charge in [-0.15, -0.1) is 0 Å². The summed E-state index contributed by atoms with van der Waals surface area (Å²) in [5.41, 5.74) is 0. The molecule has 0 fully saturated rings. The number of hydrogen-bond donors (Lipinski definition) is 0. The molecule has 0 aliphatic rings. The van der Waals surface area contributed by atoms with Crippen LogP contribution >= 0.6 is 0 Å². The van der Waals surface area contributed by atoms with Gasteiger partial charge in [0.1, 0.15) is 13.2 Å². The molecule has 0 spiro atoms. The van der Waals surface area contributed by atoms with Gasteiger partial charge in [-0.3, -0.25) is 14.4 Å². The molecule has 0 aliphatic carbocycles. The molecule has 1 unspecified atom stereocenters. The topological polar surface area (TPSA) is 78.9 Å². The van der Waals surface area contributed by atoms with Crippen molar-refractivity contribution in [2.24, 2.45) is 0 Å². The molecule has 0 aromatic rings. The summed E-state index contributed by atoms with van der Waals surface area (Å²) in [5.74, 6) is -0.966. The normalized spacial score (nSPS) is 12.5. The van der Waals surface area contributed by atoms with Crippen LogP contribution in [0, 0.1) is 0 Å². The first-order chi connectivity index (χ1) is 37.5. The molecule has 0 saturated heterocycles. The zero-order valence-electron chi connectivity index (χ0n) is 50.5. The maximum absolute atomic E-state index is 12.9. The van der Waals surface area contributed by atoms with Crippen molar-refractivity contribution in [3.63, 3.8) is 0 Å². The maximum atomic E-state index is 12.9. The van der Waals surface area contributed by atoms with Crippen molar-refractivity contribution in [2.45, 2.75) is 341 Å². The number of rotatable bonds is 60. The highest BCUT2D eigenvalue weighted by molar-refractivity contribution is 5.71. The van der Waals surface area contributed by atoms with Gasteiger partial charge >= 0.3 is 17.9 Å². The van der Waals surface area contributed by atoms with Crippen molar-refractivity contribution >= 4 is 17.9 Å². The molecular weight excluding hydrogens is 937 g/mol. The minimum atomic E-state index is -0.814. The SMILES string of the molecule is CC/C=C\C/C=C\C/C=C\C/C=C\C/C=C\C/C=C\CCC(=O)OC(COC(=O)CCCCCCCCCCCCCCCCC)COC(=O)CCCCCCCCCCCCCCCCCCCCCCCCCC. The minimum absolute atomic E-state index is 0.101. The van der Waals surface area contributed by atoms with E-state index >= 15 is 0 Å². The molecule has 440 valence electrons. The second-order valence-corrected chi connectivity index (χ2v) is 22.0. The number of allylic oxidation sites excluding steroid dienone is 12. The van der Waals surface area contributed by atoms with E-state index in [2.05, 4.69) is 87.6 Å². The third-order valence-corrected chi connectivity index (χ3v) is 14.5. The van der Waals surface area contributed by atoms with Gasteiger partial charge in [-0.25, -0.2) is 0 Å². The number of ether oxygens (including phenoxy) is 3. The molecule has 0 aliphatic heterocycles. The molecular formula is C70H124O6. The molecule has 0 N–H and O–H groups in total. The molecule has 0 saturated carbocycles. The smallest absolute Gasteiger partial charge is 0.306 e. The van der Waals surface area contributed by atoms with Crippen molar-refractivity contribution in [1.29, 1.82) is 0 Å². The molecule has 6 nitrogen and oxygen atoms in total. The van der Waals surface area contributed by atoms with E-state index in [-0.39, 0.29) is 37.5 Å². The van der Waals surface area contributed by atoms with Crippen LogP contribution in [-0.2, 0) is 28.6 Å². The Morgan fingerprint density at radius 3 is 0.776 bits per heavy atom.